The van der Waals surface area contributed by atoms with E-state index in [-0.39, 0.29) is 11.5 Å². The van der Waals surface area contributed by atoms with E-state index >= 15 is 0 Å². The average molecular weight is 298 g/mol. The highest BCUT2D eigenvalue weighted by Gasteiger charge is 2.16. The van der Waals surface area contributed by atoms with Crippen LogP contribution in [0.1, 0.15) is 11.3 Å². The number of thioether (sulfide) groups is 2. The Morgan fingerprint density at radius 1 is 1.25 bits per heavy atom. The van der Waals surface area contributed by atoms with Gasteiger partial charge in [-0.3, -0.25) is 0 Å². The second-order valence-corrected chi connectivity index (χ2v) is 5.47. The first-order chi connectivity index (χ1) is 9.78. The Morgan fingerprint density at radius 3 is 2.60 bits per heavy atom. The number of benzene rings is 1. The van der Waals surface area contributed by atoms with Crippen LogP contribution in [0.5, 0.6) is 0 Å². The summed E-state index contributed by atoms with van der Waals surface area (Å²) >= 11 is 2.96. The fraction of sp³-hybridized carbons (Fsp3) is 0.143. The predicted octanol–water partition coefficient (Wildman–Crippen LogP) is 3.91. The van der Waals surface area contributed by atoms with Crippen molar-refractivity contribution < 1.29 is 0 Å². The van der Waals surface area contributed by atoms with Crippen LogP contribution in [0.3, 0.4) is 0 Å². The van der Waals surface area contributed by atoms with Crippen molar-refractivity contribution >= 4 is 29.3 Å². The molecule has 1 aromatic heterocycles. The van der Waals surface area contributed by atoms with Gasteiger partial charge in [0.25, 0.3) is 0 Å². The fourth-order valence-electron chi connectivity index (χ4n) is 1.50. The number of nitriles is 1. The molecule has 6 heteroatoms. The number of aromatic nitrogens is 2. The van der Waals surface area contributed by atoms with Crippen molar-refractivity contribution in [3.8, 4) is 6.07 Å². The standard InChI is InChI=1S/C14H10N4S2/c1-16-12-11(8-15)17-14(13(18-12)19-2)20-9-10-6-4-3-5-7-10/h3-7H,9H2,2H3. The van der Waals surface area contributed by atoms with Gasteiger partial charge in [-0.1, -0.05) is 60.4 Å². The molecule has 0 radical (unpaired) electrons. The van der Waals surface area contributed by atoms with Crippen LogP contribution < -0.4 is 0 Å². The Bertz CT molecular complexity index is 687. The highest BCUT2D eigenvalue weighted by molar-refractivity contribution is 8.01. The lowest BCUT2D eigenvalue weighted by Crippen LogP contribution is -1.94. The van der Waals surface area contributed by atoms with Gasteiger partial charge in [0.05, 0.1) is 0 Å². The summed E-state index contributed by atoms with van der Waals surface area (Å²) in [7, 11) is 0. The van der Waals surface area contributed by atoms with Crippen LogP contribution in [0.2, 0.25) is 0 Å². The number of hydrogen-bond donors (Lipinski definition) is 0. The number of nitrogens with zero attached hydrogens (tertiary/aromatic N) is 4. The lowest BCUT2D eigenvalue weighted by atomic mass is 10.2. The molecule has 2 aromatic rings. The fourth-order valence-corrected chi connectivity index (χ4v) is 3.15. The third-order valence-corrected chi connectivity index (χ3v) is 4.28. The van der Waals surface area contributed by atoms with E-state index in [1.807, 2.05) is 42.7 Å². The van der Waals surface area contributed by atoms with Crippen LogP contribution in [0, 0.1) is 17.9 Å². The molecular formula is C14H10N4S2. The summed E-state index contributed by atoms with van der Waals surface area (Å²) in [5.74, 6) is 0.826. The molecule has 2 rings (SSSR count). The Kier molecular flexibility index (Phi) is 5.00. The van der Waals surface area contributed by atoms with Crippen LogP contribution >= 0.6 is 23.5 Å². The van der Waals surface area contributed by atoms with Crippen molar-refractivity contribution in [2.24, 2.45) is 0 Å². The van der Waals surface area contributed by atoms with Gasteiger partial charge in [-0.05, 0) is 11.8 Å². The lowest BCUT2D eigenvalue weighted by Gasteiger charge is -2.04. The summed E-state index contributed by atoms with van der Waals surface area (Å²) < 4.78 is 0. The molecule has 0 bridgehead atoms. The number of rotatable bonds is 4. The SMILES string of the molecule is [C-]#[N+]c1nc(SC)c(SCc2ccccc2)nc1C#N. The van der Waals surface area contributed by atoms with Crippen LogP contribution in [0.4, 0.5) is 5.82 Å². The molecule has 98 valence electrons. The Hall–Kier alpha value is -2.02. The molecule has 1 aromatic carbocycles. The van der Waals surface area contributed by atoms with Gasteiger partial charge in [-0.15, -0.1) is 4.98 Å². The van der Waals surface area contributed by atoms with E-state index in [9.17, 15) is 0 Å². The zero-order chi connectivity index (χ0) is 14.4. The van der Waals surface area contributed by atoms with Crippen molar-refractivity contribution in [3.63, 3.8) is 0 Å². The van der Waals surface area contributed by atoms with Crippen molar-refractivity contribution in [2.45, 2.75) is 15.8 Å². The summed E-state index contributed by atoms with van der Waals surface area (Å²) in [4.78, 5) is 11.7. The van der Waals surface area contributed by atoms with Crippen molar-refractivity contribution in [3.05, 3.63) is 53.0 Å². The van der Waals surface area contributed by atoms with E-state index in [0.717, 1.165) is 5.75 Å². The van der Waals surface area contributed by atoms with Gasteiger partial charge in [0.15, 0.2) is 10.7 Å². The second kappa shape index (κ2) is 6.95. The Balaban J connectivity index is 2.27. The minimum atomic E-state index is 0.0703. The maximum absolute atomic E-state index is 9.01. The van der Waals surface area contributed by atoms with Gasteiger partial charge in [0.2, 0.25) is 5.03 Å². The van der Waals surface area contributed by atoms with E-state index in [2.05, 4.69) is 14.8 Å². The first-order valence-electron chi connectivity index (χ1n) is 5.68. The van der Waals surface area contributed by atoms with Crippen molar-refractivity contribution in [1.82, 2.24) is 9.97 Å². The molecule has 0 amide bonds. The quantitative estimate of drug-likeness (QED) is 0.632. The molecule has 20 heavy (non-hydrogen) atoms. The molecule has 0 aliphatic carbocycles. The summed E-state index contributed by atoms with van der Waals surface area (Å²) in [6.45, 7) is 7.02. The predicted molar refractivity (Wildman–Crippen MR) is 80.8 cm³/mol. The molecule has 0 spiro atoms. The van der Waals surface area contributed by atoms with Crippen molar-refractivity contribution in [1.29, 1.82) is 5.26 Å². The maximum Gasteiger partial charge on any atom is 0.307 e. The van der Waals surface area contributed by atoms with E-state index in [1.165, 1.54) is 29.1 Å². The highest BCUT2D eigenvalue weighted by atomic mass is 32.2. The second-order valence-electron chi connectivity index (χ2n) is 3.71. The van der Waals surface area contributed by atoms with E-state index in [0.29, 0.717) is 10.1 Å². The van der Waals surface area contributed by atoms with E-state index in [4.69, 9.17) is 11.8 Å². The minimum Gasteiger partial charge on any atom is -0.358 e. The molecule has 0 saturated heterocycles. The molecule has 0 fully saturated rings. The van der Waals surface area contributed by atoms with Crippen molar-refractivity contribution in [2.75, 3.05) is 6.26 Å². The molecule has 0 atom stereocenters. The third kappa shape index (κ3) is 3.30. The molecular weight excluding hydrogens is 288 g/mol. The zero-order valence-corrected chi connectivity index (χ0v) is 12.3. The monoisotopic (exact) mass is 298 g/mol. The van der Waals surface area contributed by atoms with Gasteiger partial charge >= 0.3 is 5.82 Å². The molecule has 0 saturated carbocycles. The molecule has 0 aliphatic rings. The van der Waals surface area contributed by atoms with Crippen LogP contribution in [0.15, 0.2) is 40.4 Å². The minimum absolute atomic E-state index is 0.0703. The summed E-state index contributed by atoms with van der Waals surface area (Å²) in [5.41, 5.74) is 1.27. The third-order valence-electron chi connectivity index (χ3n) is 2.44. The van der Waals surface area contributed by atoms with Gasteiger partial charge in [0, 0.05) is 5.75 Å². The summed E-state index contributed by atoms with van der Waals surface area (Å²) in [6, 6.07) is 11.9. The highest BCUT2D eigenvalue weighted by Crippen LogP contribution is 2.31. The van der Waals surface area contributed by atoms with Crippen LogP contribution in [-0.4, -0.2) is 16.2 Å². The number of hydrogen-bond acceptors (Lipinski definition) is 5. The summed E-state index contributed by atoms with van der Waals surface area (Å²) in [5, 5.41) is 10.4. The molecule has 4 nitrogen and oxygen atoms in total. The molecule has 0 aliphatic heterocycles. The van der Waals surface area contributed by atoms with Gasteiger partial charge in [-0.2, -0.15) is 5.26 Å². The maximum atomic E-state index is 9.01. The lowest BCUT2D eigenvalue weighted by molar-refractivity contribution is 0.921. The largest absolute Gasteiger partial charge is 0.358 e. The first kappa shape index (κ1) is 14.4. The van der Waals surface area contributed by atoms with Gasteiger partial charge < -0.3 is 4.85 Å². The van der Waals surface area contributed by atoms with Crippen LogP contribution in [-0.2, 0) is 5.75 Å². The molecule has 0 unspecified atom stereocenters. The van der Waals surface area contributed by atoms with E-state index in [1.54, 1.807) is 0 Å². The van der Waals surface area contributed by atoms with E-state index < -0.39 is 0 Å². The topological polar surface area (TPSA) is 53.9 Å². The summed E-state index contributed by atoms with van der Waals surface area (Å²) in [6.07, 6.45) is 1.89. The average Bonchev–Trinajstić information content (AvgIpc) is 2.52. The normalized spacial score (nSPS) is 9.75. The zero-order valence-electron chi connectivity index (χ0n) is 10.7. The smallest absolute Gasteiger partial charge is 0.307 e. The van der Waals surface area contributed by atoms with Crippen LogP contribution in [0.25, 0.3) is 4.85 Å². The molecule has 1 heterocycles. The first-order valence-corrected chi connectivity index (χ1v) is 7.89. The molecule has 0 N–H and O–H groups in total. The van der Waals surface area contributed by atoms with Gasteiger partial charge in [-0.25, -0.2) is 4.98 Å². The Labute approximate surface area is 126 Å². The Morgan fingerprint density at radius 2 is 2.00 bits per heavy atom. The van der Waals surface area contributed by atoms with Gasteiger partial charge in [0.1, 0.15) is 6.07 Å².